The molecule has 1 aromatic carbocycles. The summed E-state index contributed by atoms with van der Waals surface area (Å²) in [6, 6.07) is 5.57. The number of rotatable bonds is 3. The molecule has 5 heteroatoms. The van der Waals surface area contributed by atoms with Gasteiger partial charge in [-0.1, -0.05) is 16.8 Å². The highest BCUT2D eigenvalue weighted by Gasteiger charge is 2.10. The van der Waals surface area contributed by atoms with Crippen LogP contribution in [0.4, 0.5) is 0 Å². The maximum Gasteiger partial charge on any atom is 0.258 e. The van der Waals surface area contributed by atoms with Crippen molar-refractivity contribution >= 4 is 11.6 Å². The van der Waals surface area contributed by atoms with Gasteiger partial charge in [-0.2, -0.15) is 4.98 Å². The van der Waals surface area contributed by atoms with E-state index in [1.165, 1.54) is 0 Å². The van der Waals surface area contributed by atoms with Gasteiger partial charge in [-0.25, -0.2) is 0 Å². The lowest BCUT2D eigenvalue weighted by Crippen LogP contribution is -2.06. The van der Waals surface area contributed by atoms with Crippen LogP contribution in [0.15, 0.2) is 22.7 Å². The minimum atomic E-state index is 0.527. The number of benzene rings is 1. The van der Waals surface area contributed by atoms with E-state index in [4.69, 9.17) is 16.1 Å². The van der Waals surface area contributed by atoms with Gasteiger partial charge in [0, 0.05) is 10.6 Å². The number of hydrogen-bond donors (Lipinski definition) is 1. The lowest BCUT2D eigenvalue weighted by molar-refractivity contribution is 0.420. The first-order valence-electron chi connectivity index (χ1n) is 4.94. The fourth-order valence-electron chi connectivity index (χ4n) is 1.46. The molecule has 16 heavy (non-hydrogen) atoms. The molecule has 0 saturated carbocycles. The second-order valence-corrected chi connectivity index (χ2v) is 3.94. The average Bonchev–Trinajstić information content (AvgIpc) is 2.67. The van der Waals surface area contributed by atoms with Crippen LogP contribution in [0.5, 0.6) is 0 Å². The van der Waals surface area contributed by atoms with E-state index in [9.17, 15) is 0 Å². The molecule has 0 spiro atoms. The lowest BCUT2D eigenvalue weighted by atomic mass is 10.1. The standard InChI is InChI=1S/C11H12ClN3O/c1-7-5-8(12)3-4-9(7)11-14-10(6-13-2)15-16-11/h3-5,13H,6H2,1-2H3. The van der Waals surface area contributed by atoms with Gasteiger partial charge in [0.2, 0.25) is 0 Å². The van der Waals surface area contributed by atoms with E-state index in [1.807, 2.05) is 32.2 Å². The van der Waals surface area contributed by atoms with Gasteiger partial charge >= 0.3 is 0 Å². The minimum absolute atomic E-state index is 0.527. The molecule has 4 nitrogen and oxygen atoms in total. The van der Waals surface area contributed by atoms with Crippen molar-refractivity contribution in [2.45, 2.75) is 13.5 Å². The van der Waals surface area contributed by atoms with Crippen LogP contribution in [0.2, 0.25) is 5.02 Å². The summed E-state index contributed by atoms with van der Waals surface area (Å²) in [6.45, 7) is 2.55. The monoisotopic (exact) mass is 237 g/mol. The van der Waals surface area contributed by atoms with Crippen molar-refractivity contribution in [3.05, 3.63) is 34.6 Å². The van der Waals surface area contributed by atoms with Crippen molar-refractivity contribution in [1.82, 2.24) is 15.5 Å². The first kappa shape index (κ1) is 11.1. The van der Waals surface area contributed by atoms with Crippen molar-refractivity contribution < 1.29 is 4.52 Å². The molecule has 0 radical (unpaired) electrons. The van der Waals surface area contributed by atoms with Gasteiger partial charge in [-0.3, -0.25) is 0 Å². The largest absolute Gasteiger partial charge is 0.334 e. The molecule has 2 aromatic rings. The van der Waals surface area contributed by atoms with E-state index < -0.39 is 0 Å². The third kappa shape index (κ3) is 2.23. The molecule has 1 N–H and O–H groups in total. The summed E-state index contributed by atoms with van der Waals surface area (Å²) >= 11 is 5.88. The van der Waals surface area contributed by atoms with Crippen LogP contribution in [0, 0.1) is 6.92 Å². The molecule has 0 amide bonds. The smallest absolute Gasteiger partial charge is 0.258 e. The molecule has 1 aromatic heterocycles. The molecule has 84 valence electrons. The predicted molar refractivity (Wildman–Crippen MR) is 62.2 cm³/mol. The van der Waals surface area contributed by atoms with E-state index >= 15 is 0 Å². The third-order valence-corrected chi connectivity index (χ3v) is 2.46. The third-order valence-electron chi connectivity index (χ3n) is 2.22. The van der Waals surface area contributed by atoms with Gasteiger partial charge in [0.1, 0.15) is 0 Å². The van der Waals surface area contributed by atoms with Gasteiger partial charge in [-0.05, 0) is 37.7 Å². The van der Waals surface area contributed by atoms with Crippen LogP contribution in [0.25, 0.3) is 11.5 Å². The van der Waals surface area contributed by atoms with Gasteiger partial charge in [0.05, 0.1) is 6.54 Å². The molecule has 0 aliphatic carbocycles. The first-order chi connectivity index (χ1) is 7.70. The highest BCUT2D eigenvalue weighted by atomic mass is 35.5. The SMILES string of the molecule is CNCc1noc(-c2ccc(Cl)cc2C)n1. The Hall–Kier alpha value is -1.39. The predicted octanol–water partition coefficient (Wildman–Crippen LogP) is 2.42. The highest BCUT2D eigenvalue weighted by Crippen LogP contribution is 2.24. The van der Waals surface area contributed by atoms with E-state index in [0.717, 1.165) is 11.1 Å². The first-order valence-corrected chi connectivity index (χ1v) is 5.32. The van der Waals surface area contributed by atoms with Gasteiger partial charge in [0.25, 0.3) is 5.89 Å². The normalized spacial score (nSPS) is 10.7. The highest BCUT2D eigenvalue weighted by molar-refractivity contribution is 6.30. The van der Waals surface area contributed by atoms with Crippen LogP contribution < -0.4 is 5.32 Å². The summed E-state index contributed by atoms with van der Waals surface area (Å²) < 4.78 is 5.18. The molecule has 0 aliphatic heterocycles. The van der Waals surface area contributed by atoms with Crippen molar-refractivity contribution in [2.75, 3.05) is 7.05 Å². The van der Waals surface area contributed by atoms with Crippen molar-refractivity contribution in [3.8, 4) is 11.5 Å². The van der Waals surface area contributed by atoms with Gasteiger partial charge < -0.3 is 9.84 Å². The Morgan fingerprint density at radius 2 is 2.25 bits per heavy atom. The summed E-state index contributed by atoms with van der Waals surface area (Å²) in [5.41, 5.74) is 1.94. The number of aromatic nitrogens is 2. The van der Waals surface area contributed by atoms with Gasteiger partial charge in [-0.15, -0.1) is 0 Å². The molecule has 0 bridgehead atoms. The molecular weight excluding hydrogens is 226 g/mol. The molecule has 0 saturated heterocycles. The average molecular weight is 238 g/mol. The Morgan fingerprint density at radius 1 is 1.44 bits per heavy atom. The van der Waals surface area contributed by atoms with E-state index in [1.54, 1.807) is 0 Å². The van der Waals surface area contributed by atoms with E-state index in [-0.39, 0.29) is 0 Å². The zero-order valence-corrected chi connectivity index (χ0v) is 9.88. The molecule has 0 aliphatic rings. The Bertz CT molecular complexity index is 496. The second kappa shape index (κ2) is 4.63. The van der Waals surface area contributed by atoms with Gasteiger partial charge in [0.15, 0.2) is 5.82 Å². The Labute approximate surface area is 98.6 Å². The molecule has 0 fully saturated rings. The van der Waals surface area contributed by atoms with Crippen molar-refractivity contribution in [1.29, 1.82) is 0 Å². The molecule has 2 rings (SSSR count). The second-order valence-electron chi connectivity index (χ2n) is 3.51. The Balaban J connectivity index is 2.35. The molecule has 1 heterocycles. The van der Waals surface area contributed by atoms with Crippen LogP contribution in [-0.2, 0) is 6.54 Å². The summed E-state index contributed by atoms with van der Waals surface area (Å²) in [5, 5.41) is 7.54. The summed E-state index contributed by atoms with van der Waals surface area (Å²) in [6.07, 6.45) is 0. The number of nitrogens with one attached hydrogen (secondary N) is 1. The lowest BCUT2D eigenvalue weighted by Gasteiger charge is -2.00. The summed E-state index contributed by atoms with van der Waals surface area (Å²) in [7, 11) is 1.84. The minimum Gasteiger partial charge on any atom is -0.334 e. The summed E-state index contributed by atoms with van der Waals surface area (Å²) in [5.74, 6) is 1.17. The van der Waals surface area contributed by atoms with Crippen LogP contribution in [-0.4, -0.2) is 17.2 Å². The Morgan fingerprint density at radius 3 is 2.94 bits per heavy atom. The topological polar surface area (TPSA) is 51.0 Å². The van der Waals surface area contributed by atoms with Crippen LogP contribution >= 0.6 is 11.6 Å². The fourth-order valence-corrected chi connectivity index (χ4v) is 1.69. The zero-order valence-electron chi connectivity index (χ0n) is 9.12. The Kier molecular flexibility index (Phi) is 3.22. The van der Waals surface area contributed by atoms with Crippen LogP contribution in [0.1, 0.15) is 11.4 Å². The zero-order chi connectivity index (χ0) is 11.5. The number of aryl methyl sites for hydroxylation is 1. The summed E-state index contributed by atoms with van der Waals surface area (Å²) in [4.78, 5) is 4.28. The number of nitrogens with zero attached hydrogens (tertiary/aromatic N) is 2. The molecular formula is C11H12ClN3O. The molecule has 0 unspecified atom stereocenters. The quantitative estimate of drug-likeness (QED) is 0.891. The van der Waals surface area contributed by atoms with Crippen molar-refractivity contribution in [3.63, 3.8) is 0 Å². The van der Waals surface area contributed by atoms with Crippen LogP contribution in [0.3, 0.4) is 0 Å². The maximum absolute atomic E-state index is 5.88. The number of halogens is 1. The number of hydrogen-bond acceptors (Lipinski definition) is 4. The van der Waals surface area contributed by atoms with E-state index in [0.29, 0.717) is 23.3 Å². The van der Waals surface area contributed by atoms with E-state index in [2.05, 4.69) is 15.5 Å². The molecule has 0 atom stereocenters. The van der Waals surface area contributed by atoms with Crippen molar-refractivity contribution in [2.24, 2.45) is 0 Å². The fraction of sp³-hybridized carbons (Fsp3) is 0.273. The maximum atomic E-state index is 5.88.